The summed E-state index contributed by atoms with van der Waals surface area (Å²) >= 11 is 0. The molecule has 1 N–H and O–H groups in total. The van der Waals surface area contributed by atoms with Crippen molar-refractivity contribution in [2.75, 3.05) is 20.6 Å². The van der Waals surface area contributed by atoms with Gasteiger partial charge < -0.3 is 17.3 Å². The van der Waals surface area contributed by atoms with Gasteiger partial charge in [0, 0.05) is 0 Å². The van der Waals surface area contributed by atoms with Gasteiger partial charge in [-0.15, -0.1) is 0 Å². The van der Waals surface area contributed by atoms with Crippen LogP contribution in [0.4, 0.5) is 0 Å². The molecule has 0 radical (unpaired) electrons. The maximum Gasteiger partial charge on any atom is 0.275 e. The summed E-state index contributed by atoms with van der Waals surface area (Å²) in [6.07, 6.45) is 0. The Morgan fingerprint density at radius 3 is 2.27 bits per heavy atom. The van der Waals surface area contributed by atoms with Crippen LogP contribution in [0.25, 0.3) is 16.6 Å². The number of hydrogen-bond donors (Lipinski definition) is 1. The minimum absolute atomic E-state index is 0. The molecule has 0 aliphatic carbocycles. The molecule has 22 heavy (non-hydrogen) atoms. The van der Waals surface area contributed by atoms with Crippen molar-refractivity contribution in [3.8, 4) is 5.69 Å². The third-order valence-electron chi connectivity index (χ3n) is 3.66. The van der Waals surface area contributed by atoms with Gasteiger partial charge in [0.15, 0.2) is 0 Å². The fourth-order valence-corrected chi connectivity index (χ4v) is 2.58. The molecule has 0 aliphatic rings. The summed E-state index contributed by atoms with van der Waals surface area (Å²) in [4.78, 5) is 14.0. The third kappa shape index (κ3) is 2.93. The van der Waals surface area contributed by atoms with Crippen LogP contribution in [0.3, 0.4) is 0 Å². The molecular weight excluding hydrogens is 298 g/mol. The minimum Gasteiger partial charge on any atom is -1.00 e. The topological polar surface area (TPSA) is 31.4 Å². The van der Waals surface area contributed by atoms with Crippen LogP contribution >= 0.6 is 0 Å². The Balaban J connectivity index is 0.00000176. The number of halogens is 1. The minimum atomic E-state index is 0. The molecule has 1 heterocycles. The highest BCUT2D eigenvalue weighted by atomic mass is 35.5. The zero-order valence-electron chi connectivity index (χ0n) is 12.8. The van der Waals surface area contributed by atoms with Gasteiger partial charge in [-0.1, -0.05) is 30.3 Å². The molecule has 116 valence electrons. The highest BCUT2D eigenvalue weighted by Crippen LogP contribution is 2.16. The van der Waals surface area contributed by atoms with E-state index >= 15 is 0 Å². The van der Waals surface area contributed by atoms with E-state index in [1.165, 1.54) is 4.90 Å². The van der Waals surface area contributed by atoms with Gasteiger partial charge in [-0.3, -0.25) is 4.79 Å². The second-order valence-electron chi connectivity index (χ2n) is 5.55. The summed E-state index contributed by atoms with van der Waals surface area (Å²) in [6.45, 7) is 1.60. The number of nitrogens with zero attached hydrogens (tertiary/aromatic N) is 2. The Hall–Kier alpha value is -2.04. The van der Waals surface area contributed by atoms with E-state index in [0.29, 0.717) is 6.54 Å². The summed E-state index contributed by atoms with van der Waals surface area (Å²) in [5.41, 5.74) is 2.06. The molecule has 0 saturated heterocycles. The van der Waals surface area contributed by atoms with Gasteiger partial charge >= 0.3 is 0 Å². The first kappa shape index (κ1) is 16.3. The van der Waals surface area contributed by atoms with Gasteiger partial charge in [-0.25, -0.2) is 9.36 Å². The standard InChI is InChI=1S/C17H19N3O.ClH/c1-18(2)12-13-19-17(21)15-10-6-7-11-16(15)20(19)14-8-4-3-5-9-14;/h3-11H,12-13H2,1-2H3;1H. The first-order chi connectivity index (χ1) is 10.2. The van der Waals surface area contributed by atoms with Crippen LogP contribution in [0.5, 0.6) is 0 Å². The molecule has 2 aromatic carbocycles. The molecule has 0 saturated carbocycles. The largest absolute Gasteiger partial charge is 1.00 e. The molecule has 0 fully saturated rings. The fraction of sp³-hybridized carbons (Fsp3) is 0.235. The van der Waals surface area contributed by atoms with Crippen molar-refractivity contribution in [1.82, 2.24) is 9.36 Å². The van der Waals surface area contributed by atoms with Crippen molar-refractivity contribution in [3.05, 3.63) is 65.0 Å². The predicted molar refractivity (Wildman–Crippen MR) is 85.2 cm³/mol. The number of rotatable bonds is 4. The Morgan fingerprint density at radius 1 is 0.955 bits per heavy atom. The van der Waals surface area contributed by atoms with Crippen LogP contribution in [0.15, 0.2) is 59.4 Å². The maximum absolute atomic E-state index is 12.7. The Kier molecular flexibility index (Phi) is 5.06. The van der Waals surface area contributed by atoms with Crippen LogP contribution in [0, 0.1) is 0 Å². The number of likely N-dealkylation sites (N-methyl/N-ethyl adjacent to an activating group) is 1. The van der Waals surface area contributed by atoms with Crippen molar-refractivity contribution in [1.29, 1.82) is 0 Å². The van der Waals surface area contributed by atoms with E-state index < -0.39 is 0 Å². The number of hydrogen-bond acceptors (Lipinski definition) is 1. The van der Waals surface area contributed by atoms with E-state index in [1.54, 1.807) is 0 Å². The zero-order valence-corrected chi connectivity index (χ0v) is 13.5. The summed E-state index contributed by atoms with van der Waals surface area (Å²) in [5.74, 6) is 0. The van der Waals surface area contributed by atoms with Crippen LogP contribution in [0.1, 0.15) is 0 Å². The summed E-state index contributed by atoms with van der Waals surface area (Å²) in [6, 6.07) is 17.8. The van der Waals surface area contributed by atoms with Crippen LogP contribution in [0.2, 0.25) is 0 Å². The molecule has 0 atom stereocenters. The lowest BCUT2D eigenvalue weighted by atomic mass is 10.2. The normalized spacial score (nSPS) is 10.9. The van der Waals surface area contributed by atoms with Gasteiger partial charge in [-0.2, -0.15) is 0 Å². The van der Waals surface area contributed by atoms with Gasteiger partial charge in [0.1, 0.15) is 0 Å². The van der Waals surface area contributed by atoms with E-state index in [1.807, 2.05) is 64.0 Å². The lowest BCUT2D eigenvalue weighted by molar-refractivity contribution is -0.859. The number of para-hydroxylation sites is 2. The summed E-state index contributed by atoms with van der Waals surface area (Å²) < 4.78 is 3.87. The Morgan fingerprint density at radius 2 is 1.59 bits per heavy atom. The van der Waals surface area contributed by atoms with Crippen molar-refractivity contribution in [3.63, 3.8) is 0 Å². The van der Waals surface area contributed by atoms with E-state index in [4.69, 9.17) is 0 Å². The van der Waals surface area contributed by atoms with E-state index in [9.17, 15) is 4.79 Å². The van der Waals surface area contributed by atoms with Gasteiger partial charge in [-0.05, 0) is 24.3 Å². The summed E-state index contributed by atoms with van der Waals surface area (Å²) in [5, 5.41) is 0.773. The number of nitrogens with one attached hydrogen (secondary N) is 1. The molecular formula is C17H20ClN3O. The lowest BCUT2D eigenvalue weighted by Crippen LogP contribution is -3.06. The second kappa shape index (κ2) is 6.81. The number of benzene rings is 2. The van der Waals surface area contributed by atoms with E-state index in [0.717, 1.165) is 23.1 Å². The number of quaternary nitrogens is 1. The molecule has 4 nitrogen and oxygen atoms in total. The molecule has 0 amide bonds. The number of fused-ring (bicyclic) bond motifs is 1. The molecule has 0 spiro atoms. The highest BCUT2D eigenvalue weighted by molar-refractivity contribution is 5.80. The first-order valence-corrected chi connectivity index (χ1v) is 7.23. The average Bonchev–Trinajstić information content (AvgIpc) is 2.79. The fourth-order valence-electron chi connectivity index (χ4n) is 2.58. The van der Waals surface area contributed by atoms with Gasteiger partial charge in [0.2, 0.25) is 0 Å². The monoisotopic (exact) mass is 317 g/mol. The Bertz CT molecular complexity index is 806. The zero-order chi connectivity index (χ0) is 14.8. The van der Waals surface area contributed by atoms with Crippen molar-refractivity contribution in [2.45, 2.75) is 6.54 Å². The van der Waals surface area contributed by atoms with Crippen molar-refractivity contribution < 1.29 is 17.3 Å². The van der Waals surface area contributed by atoms with Crippen LogP contribution < -0.4 is 22.9 Å². The molecule has 0 aliphatic heterocycles. The summed E-state index contributed by atoms with van der Waals surface area (Å²) in [7, 11) is 4.20. The third-order valence-corrected chi connectivity index (χ3v) is 3.66. The molecule has 5 heteroatoms. The molecule has 3 rings (SSSR count). The van der Waals surface area contributed by atoms with Crippen LogP contribution in [-0.2, 0) is 6.54 Å². The quantitative estimate of drug-likeness (QED) is 0.590. The first-order valence-electron chi connectivity index (χ1n) is 7.23. The predicted octanol–water partition coefficient (Wildman–Crippen LogP) is -2.06. The SMILES string of the molecule is C[NH+](C)CCn1c(=O)c2ccccc2n1-c1ccccc1.[Cl-]. The molecule has 0 unspecified atom stereocenters. The van der Waals surface area contributed by atoms with Crippen LogP contribution in [-0.4, -0.2) is 30.0 Å². The highest BCUT2D eigenvalue weighted by Gasteiger charge is 2.14. The average molecular weight is 318 g/mol. The Labute approximate surface area is 136 Å². The van der Waals surface area contributed by atoms with Crippen molar-refractivity contribution in [2.24, 2.45) is 0 Å². The van der Waals surface area contributed by atoms with Crippen molar-refractivity contribution >= 4 is 10.9 Å². The smallest absolute Gasteiger partial charge is 0.275 e. The van der Waals surface area contributed by atoms with Gasteiger partial charge in [0.25, 0.3) is 5.56 Å². The molecule has 3 aromatic rings. The molecule has 1 aromatic heterocycles. The van der Waals surface area contributed by atoms with Gasteiger partial charge in [0.05, 0.1) is 43.8 Å². The molecule has 0 bridgehead atoms. The number of aromatic nitrogens is 2. The van der Waals surface area contributed by atoms with E-state index in [-0.39, 0.29) is 18.0 Å². The second-order valence-corrected chi connectivity index (χ2v) is 5.55. The maximum atomic E-state index is 12.7. The van der Waals surface area contributed by atoms with E-state index in [2.05, 4.69) is 14.1 Å². The lowest BCUT2D eigenvalue weighted by Gasteiger charge is -2.14.